The van der Waals surface area contributed by atoms with E-state index in [9.17, 15) is 4.79 Å². The highest BCUT2D eigenvalue weighted by atomic mass is 16.5. The van der Waals surface area contributed by atoms with Gasteiger partial charge in [-0.1, -0.05) is 6.92 Å². The average Bonchev–Trinajstić information content (AvgIpc) is 3.07. The largest absolute Gasteiger partial charge is 0.463 e. The molecule has 1 saturated heterocycles. The van der Waals surface area contributed by atoms with Crippen LogP contribution in [0.25, 0.3) is 0 Å². The molecule has 1 atom stereocenters. The highest BCUT2D eigenvalue weighted by Gasteiger charge is 2.20. The Morgan fingerprint density at radius 3 is 3.00 bits per heavy atom. The van der Waals surface area contributed by atoms with Gasteiger partial charge in [0.05, 0.1) is 13.7 Å². The summed E-state index contributed by atoms with van der Waals surface area (Å²) in [5, 5.41) is 3.50. The SMILES string of the molecule is CCN(Cc1cc(C)c(C(=O)OC)o1)CC1CCCN1. The van der Waals surface area contributed by atoms with Gasteiger partial charge in [-0.2, -0.15) is 0 Å². The van der Waals surface area contributed by atoms with E-state index in [1.807, 2.05) is 13.0 Å². The highest BCUT2D eigenvalue weighted by Crippen LogP contribution is 2.18. The molecule has 1 unspecified atom stereocenters. The Hall–Kier alpha value is -1.33. The number of ether oxygens (including phenoxy) is 1. The van der Waals surface area contributed by atoms with Gasteiger partial charge in [0.25, 0.3) is 0 Å². The maximum atomic E-state index is 11.5. The van der Waals surface area contributed by atoms with E-state index in [2.05, 4.69) is 17.1 Å². The zero-order valence-corrected chi connectivity index (χ0v) is 12.6. The Kier molecular flexibility index (Phi) is 5.20. The van der Waals surface area contributed by atoms with E-state index in [0.717, 1.165) is 37.5 Å². The number of hydrogen-bond acceptors (Lipinski definition) is 5. The third-order valence-corrected chi connectivity index (χ3v) is 3.81. The van der Waals surface area contributed by atoms with Gasteiger partial charge >= 0.3 is 5.97 Å². The number of esters is 1. The van der Waals surface area contributed by atoms with Gasteiger partial charge in [-0.3, -0.25) is 4.90 Å². The molecular formula is C15H24N2O3. The average molecular weight is 280 g/mol. The van der Waals surface area contributed by atoms with Crippen molar-refractivity contribution in [1.29, 1.82) is 0 Å². The Bertz CT molecular complexity index is 450. The topological polar surface area (TPSA) is 54.7 Å². The lowest BCUT2D eigenvalue weighted by molar-refractivity contribution is 0.0560. The van der Waals surface area contributed by atoms with Gasteiger partial charge in [-0.05, 0) is 38.9 Å². The minimum atomic E-state index is -0.408. The van der Waals surface area contributed by atoms with Crippen molar-refractivity contribution in [1.82, 2.24) is 10.2 Å². The number of carbonyl (C=O) groups excluding carboxylic acids is 1. The number of hydrogen-bond donors (Lipinski definition) is 1. The number of furan rings is 1. The van der Waals surface area contributed by atoms with Crippen LogP contribution >= 0.6 is 0 Å². The summed E-state index contributed by atoms with van der Waals surface area (Å²) in [4.78, 5) is 13.9. The van der Waals surface area contributed by atoms with Crippen LogP contribution in [-0.2, 0) is 11.3 Å². The summed E-state index contributed by atoms with van der Waals surface area (Å²) in [5.41, 5.74) is 0.835. The molecular weight excluding hydrogens is 256 g/mol. The molecule has 5 nitrogen and oxygen atoms in total. The predicted molar refractivity (Wildman–Crippen MR) is 76.8 cm³/mol. The second kappa shape index (κ2) is 6.90. The van der Waals surface area contributed by atoms with Crippen molar-refractivity contribution in [2.45, 2.75) is 39.3 Å². The van der Waals surface area contributed by atoms with Crippen LogP contribution in [0.2, 0.25) is 0 Å². The third kappa shape index (κ3) is 3.61. The Morgan fingerprint density at radius 2 is 2.40 bits per heavy atom. The zero-order valence-electron chi connectivity index (χ0n) is 12.6. The van der Waals surface area contributed by atoms with E-state index < -0.39 is 5.97 Å². The molecule has 1 N–H and O–H groups in total. The molecule has 0 saturated carbocycles. The van der Waals surface area contributed by atoms with Crippen LogP contribution in [0.4, 0.5) is 0 Å². The van der Waals surface area contributed by atoms with Crippen molar-refractivity contribution >= 4 is 5.97 Å². The molecule has 0 aliphatic carbocycles. The summed E-state index contributed by atoms with van der Waals surface area (Å²) < 4.78 is 10.3. The van der Waals surface area contributed by atoms with Crippen LogP contribution in [0.15, 0.2) is 10.5 Å². The van der Waals surface area contributed by atoms with E-state index >= 15 is 0 Å². The number of nitrogens with zero attached hydrogens (tertiary/aromatic N) is 1. The van der Waals surface area contributed by atoms with Gasteiger partial charge in [0.2, 0.25) is 5.76 Å². The van der Waals surface area contributed by atoms with Crippen LogP contribution < -0.4 is 5.32 Å². The molecule has 0 aromatic carbocycles. The molecule has 0 spiro atoms. The summed E-state index contributed by atoms with van der Waals surface area (Å²) in [7, 11) is 1.37. The molecule has 112 valence electrons. The maximum Gasteiger partial charge on any atom is 0.374 e. The number of methoxy groups -OCH3 is 1. The molecule has 2 rings (SSSR count). The van der Waals surface area contributed by atoms with Crippen molar-refractivity contribution in [3.8, 4) is 0 Å². The molecule has 20 heavy (non-hydrogen) atoms. The first-order chi connectivity index (χ1) is 9.63. The van der Waals surface area contributed by atoms with E-state index in [1.165, 1.54) is 20.0 Å². The van der Waals surface area contributed by atoms with E-state index in [1.54, 1.807) is 0 Å². The fourth-order valence-electron chi connectivity index (χ4n) is 2.67. The van der Waals surface area contributed by atoms with Crippen molar-refractivity contribution in [3.63, 3.8) is 0 Å². The summed E-state index contributed by atoms with van der Waals surface area (Å²) in [6, 6.07) is 2.50. The monoisotopic (exact) mass is 280 g/mol. The number of likely N-dealkylation sites (N-methyl/N-ethyl adjacent to an activating group) is 1. The van der Waals surface area contributed by atoms with E-state index in [0.29, 0.717) is 11.8 Å². The van der Waals surface area contributed by atoms with Crippen LogP contribution in [0.1, 0.15) is 41.6 Å². The molecule has 1 aromatic heterocycles. The molecule has 1 aromatic rings. The smallest absolute Gasteiger partial charge is 0.374 e. The van der Waals surface area contributed by atoms with Crippen molar-refractivity contribution in [3.05, 3.63) is 23.2 Å². The molecule has 1 aliphatic heterocycles. The summed E-state index contributed by atoms with van der Waals surface area (Å²) in [6.45, 7) is 7.84. The van der Waals surface area contributed by atoms with Crippen LogP contribution in [0.3, 0.4) is 0 Å². The highest BCUT2D eigenvalue weighted by molar-refractivity contribution is 5.87. The molecule has 2 heterocycles. The first kappa shape index (κ1) is 15.1. The number of aryl methyl sites for hydroxylation is 1. The summed E-state index contributed by atoms with van der Waals surface area (Å²) >= 11 is 0. The number of nitrogens with one attached hydrogen (secondary N) is 1. The van der Waals surface area contributed by atoms with Gasteiger partial charge in [0.1, 0.15) is 5.76 Å². The minimum absolute atomic E-state index is 0.317. The lowest BCUT2D eigenvalue weighted by Gasteiger charge is -2.23. The zero-order chi connectivity index (χ0) is 14.5. The van der Waals surface area contributed by atoms with Crippen LogP contribution in [0, 0.1) is 6.92 Å². The quantitative estimate of drug-likeness (QED) is 0.807. The number of carbonyl (C=O) groups is 1. The van der Waals surface area contributed by atoms with Crippen LogP contribution in [-0.4, -0.2) is 43.7 Å². The molecule has 1 fully saturated rings. The summed E-state index contributed by atoms with van der Waals surface area (Å²) in [6.07, 6.45) is 2.50. The lowest BCUT2D eigenvalue weighted by Crippen LogP contribution is -2.37. The normalized spacial score (nSPS) is 18.7. The van der Waals surface area contributed by atoms with Crippen molar-refractivity contribution < 1.29 is 13.9 Å². The van der Waals surface area contributed by atoms with Gasteiger partial charge < -0.3 is 14.5 Å². The van der Waals surface area contributed by atoms with E-state index in [-0.39, 0.29) is 0 Å². The second-order valence-electron chi connectivity index (χ2n) is 5.34. The van der Waals surface area contributed by atoms with Gasteiger partial charge in [0.15, 0.2) is 0 Å². The van der Waals surface area contributed by atoms with Gasteiger partial charge in [-0.15, -0.1) is 0 Å². The fourth-order valence-corrected chi connectivity index (χ4v) is 2.67. The lowest BCUT2D eigenvalue weighted by atomic mass is 10.2. The first-order valence-corrected chi connectivity index (χ1v) is 7.27. The Morgan fingerprint density at radius 1 is 1.60 bits per heavy atom. The molecule has 5 heteroatoms. The predicted octanol–water partition coefficient (Wildman–Crippen LogP) is 1.95. The first-order valence-electron chi connectivity index (χ1n) is 7.27. The van der Waals surface area contributed by atoms with Crippen molar-refractivity contribution in [2.75, 3.05) is 26.7 Å². The Labute approximate surface area is 120 Å². The second-order valence-corrected chi connectivity index (χ2v) is 5.34. The maximum absolute atomic E-state index is 11.5. The summed E-state index contributed by atoms with van der Waals surface area (Å²) in [5.74, 6) is 0.731. The Balaban J connectivity index is 1.98. The minimum Gasteiger partial charge on any atom is -0.463 e. The molecule has 0 amide bonds. The third-order valence-electron chi connectivity index (χ3n) is 3.81. The molecule has 1 aliphatic rings. The number of rotatable bonds is 6. The standard InChI is InChI=1S/C15H24N2O3/c1-4-17(9-12-6-5-7-16-12)10-13-8-11(2)14(20-13)15(18)19-3/h8,12,16H,4-7,9-10H2,1-3H3. The van der Waals surface area contributed by atoms with Gasteiger partial charge in [0, 0.05) is 18.2 Å². The van der Waals surface area contributed by atoms with Crippen molar-refractivity contribution in [2.24, 2.45) is 0 Å². The van der Waals surface area contributed by atoms with E-state index in [4.69, 9.17) is 9.15 Å². The fraction of sp³-hybridized carbons (Fsp3) is 0.667. The molecule has 0 bridgehead atoms. The molecule has 0 radical (unpaired) electrons. The van der Waals surface area contributed by atoms with Crippen LogP contribution in [0.5, 0.6) is 0 Å². The van der Waals surface area contributed by atoms with Gasteiger partial charge in [-0.25, -0.2) is 4.79 Å².